The summed E-state index contributed by atoms with van der Waals surface area (Å²) in [6.07, 6.45) is 7.27. The lowest BCUT2D eigenvalue weighted by molar-refractivity contribution is -0.0414. The second kappa shape index (κ2) is 6.68. The molecule has 0 radical (unpaired) electrons. The van der Waals surface area contributed by atoms with Gasteiger partial charge < -0.3 is 20.1 Å². The molecule has 2 aliphatic heterocycles. The molecular formula is C12H20N2O2. The first-order valence-corrected chi connectivity index (χ1v) is 5.99. The van der Waals surface area contributed by atoms with Crippen LogP contribution in [0.3, 0.4) is 0 Å². The van der Waals surface area contributed by atoms with Gasteiger partial charge in [-0.05, 0) is 12.5 Å². The van der Waals surface area contributed by atoms with Crippen molar-refractivity contribution in [3.8, 4) is 0 Å². The van der Waals surface area contributed by atoms with Crippen LogP contribution in [-0.4, -0.2) is 45.5 Å². The first-order valence-electron chi connectivity index (χ1n) is 5.99. The average Bonchev–Trinajstić information content (AvgIpc) is 2.42. The largest absolute Gasteiger partial charge is 0.493 e. The van der Waals surface area contributed by atoms with Crippen LogP contribution < -0.4 is 10.6 Å². The van der Waals surface area contributed by atoms with Crippen LogP contribution in [0.1, 0.15) is 6.42 Å². The first kappa shape index (κ1) is 11.6. The Labute approximate surface area is 96.7 Å². The van der Waals surface area contributed by atoms with Gasteiger partial charge in [0.05, 0.1) is 6.61 Å². The summed E-state index contributed by atoms with van der Waals surface area (Å²) in [6, 6.07) is 0. The van der Waals surface area contributed by atoms with Crippen LogP contribution in [0.25, 0.3) is 0 Å². The van der Waals surface area contributed by atoms with Crippen molar-refractivity contribution in [2.45, 2.75) is 12.5 Å². The van der Waals surface area contributed by atoms with Crippen LogP contribution in [0, 0.1) is 0 Å². The molecule has 0 spiro atoms. The van der Waals surface area contributed by atoms with E-state index in [0.717, 1.165) is 45.0 Å². The average molecular weight is 224 g/mol. The van der Waals surface area contributed by atoms with Crippen molar-refractivity contribution in [2.24, 2.45) is 0 Å². The van der Waals surface area contributed by atoms with E-state index < -0.39 is 0 Å². The first-order chi connectivity index (χ1) is 7.97. The Morgan fingerprint density at radius 1 is 1.06 bits per heavy atom. The molecule has 2 saturated heterocycles. The third-order valence-corrected chi connectivity index (χ3v) is 2.69. The van der Waals surface area contributed by atoms with Crippen LogP contribution in [0.5, 0.6) is 0 Å². The molecule has 0 aromatic carbocycles. The fourth-order valence-electron chi connectivity index (χ4n) is 1.83. The predicted octanol–water partition coefficient (Wildman–Crippen LogP) is 0.425. The van der Waals surface area contributed by atoms with Crippen LogP contribution in [0.15, 0.2) is 24.0 Å². The van der Waals surface area contributed by atoms with Crippen molar-refractivity contribution in [3.63, 3.8) is 0 Å². The van der Waals surface area contributed by atoms with E-state index in [1.54, 1.807) is 0 Å². The van der Waals surface area contributed by atoms with Crippen molar-refractivity contribution in [2.75, 3.05) is 39.4 Å². The molecule has 16 heavy (non-hydrogen) atoms. The molecule has 2 N–H and O–H groups in total. The number of hydrogen-bond donors (Lipinski definition) is 2. The third-order valence-electron chi connectivity index (χ3n) is 2.69. The molecule has 2 fully saturated rings. The monoisotopic (exact) mass is 224 g/mol. The maximum Gasteiger partial charge on any atom is 0.125 e. The summed E-state index contributed by atoms with van der Waals surface area (Å²) in [7, 11) is 0. The molecule has 0 saturated carbocycles. The smallest absolute Gasteiger partial charge is 0.125 e. The Morgan fingerprint density at radius 3 is 2.44 bits per heavy atom. The van der Waals surface area contributed by atoms with E-state index in [4.69, 9.17) is 9.47 Å². The van der Waals surface area contributed by atoms with E-state index in [1.807, 2.05) is 12.2 Å². The maximum atomic E-state index is 5.44. The second-order valence-corrected chi connectivity index (χ2v) is 3.94. The van der Waals surface area contributed by atoms with E-state index in [0.29, 0.717) is 6.61 Å². The van der Waals surface area contributed by atoms with Gasteiger partial charge in [-0.25, -0.2) is 0 Å². The van der Waals surface area contributed by atoms with Gasteiger partial charge in [0.1, 0.15) is 18.5 Å². The number of piperazine rings is 1. The van der Waals surface area contributed by atoms with Gasteiger partial charge in [0.25, 0.3) is 0 Å². The van der Waals surface area contributed by atoms with Gasteiger partial charge in [0, 0.05) is 26.2 Å². The van der Waals surface area contributed by atoms with Crippen LogP contribution in [0.4, 0.5) is 0 Å². The van der Waals surface area contributed by atoms with Gasteiger partial charge in [0.15, 0.2) is 0 Å². The zero-order chi connectivity index (χ0) is 11.1. The van der Waals surface area contributed by atoms with E-state index in [-0.39, 0.29) is 6.10 Å². The Balaban J connectivity index is 0.000000138. The molecule has 3 rings (SSSR count). The van der Waals surface area contributed by atoms with E-state index in [1.165, 1.54) is 0 Å². The molecule has 1 aliphatic carbocycles. The van der Waals surface area contributed by atoms with Crippen molar-refractivity contribution >= 4 is 0 Å². The van der Waals surface area contributed by atoms with Gasteiger partial charge in [0.2, 0.25) is 0 Å². The van der Waals surface area contributed by atoms with E-state index in [9.17, 15) is 0 Å². The minimum atomic E-state index is 0.207. The number of rotatable bonds is 0. The maximum absolute atomic E-state index is 5.44. The summed E-state index contributed by atoms with van der Waals surface area (Å²) >= 11 is 0. The molecule has 0 aromatic heterocycles. The molecule has 0 aromatic rings. The lowest BCUT2D eigenvalue weighted by atomic mass is 10.1. The van der Waals surface area contributed by atoms with Gasteiger partial charge in [-0.15, -0.1) is 0 Å². The molecule has 1 atom stereocenters. The van der Waals surface area contributed by atoms with Crippen molar-refractivity contribution in [3.05, 3.63) is 24.0 Å². The molecule has 3 aliphatic rings. The Kier molecular flexibility index (Phi) is 4.86. The lowest BCUT2D eigenvalue weighted by Crippen LogP contribution is -2.39. The van der Waals surface area contributed by atoms with E-state index in [2.05, 4.69) is 16.7 Å². The number of allylic oxidation sites excluding steroid dienone is 2. The normalized spacial score (nSPS) is 28.0. The number of nitrogens with one attached hydrogen (secondary N) is 2. The highest BCUT2D eigenvalue weighted by molar-refractivity contribution is 5.18. The third kappa shape index (κ3) is 3.63. The highest BCUT2D eigenvalue weighted by Gasteiger charge is 2.20. The molecule has 90 valence electrons. The Bertz CT molecular complexity index is 248. The highest BCUT2D eigenvalue weighted by Crippen LogP contribution is 2.20. The number of fused-ring (bicyclic) bond motifs is 1. The summed E-state index contributed by atoms with van der Waals surface area (Å²) in [6.45, 7) is 5.99. The SMILES string of the molecule is C1=CCC2OCCOC2=C1.C1CNCCN1. The zero-order valence-electron chi connectivity index (χ0n) is 9.58. The van der Waals surface area contributed by atoms with E-state index >= 15 is 0 Å². The molecule has 0 bridgehead atoms. The second-order valence-electron chi connectivity index (χ2n) is 3.94. The molecule has 0 amide bonds. The van der Waals surface area contributed by atoms with Crippen molar-refractivity contribution in [1.29, 1.82) is 0 Å². The fraction of sp³-hybridized carbons (Fsp3) is 0.667. The number of hydrogen-bond acceptors (Lipinski definition) is 4. The summed E-state index contributed by atoms with van der Waals surface area (Å²) in [4.78, 5) is 0. The van der Waals surface area contributed by atoms with Gasteiger partial charge in [-0.3, -0.25) is 0 Å². The van der Waals surface area contributed by atoms with Gasteiger partial charge >= 0.3 is 0 Å². The minimum Gasteiger partial charge on any atom is -0.493 e. The van der Waals surface area contributed by atoms with Crippen LogP contribution >= 0.6 is 0 Å². The minimum absolute atomic E-state index is 0.207. The molecule has 2 heterocycles. The van der Waals surface area contributed by atoms with Crippen LogP contribution in [-0.2, 0) is 9.47 Å². The van der Waals surface area contributed by atoms with Crippen LogP contribution in [0.2, 0.25) is 0 Å². The zero-order valence-corrected chi connectivity index (χ0v) is 9.58. The Morgan fingerprint density at radius 2 is 1.81 bits per heavy atom. The molecular weight excluding hydrogens is 204 g/mol. The van der Waals surface area contributed by atoms with Gasteiger partial charge in [-0.2, -0.15) is 0 Å². The standard InChI is InChI=1S/C8H10O2.C4H10N2/c1-2-4-8-7(3-1)9-5-6-10-8;1-2-6-4-3-5-1/h1-3,8H,4-6H2;5-6H,1-4H2. The van der Waals surface area contributed by atoms with Crippen molar-refractivity contribution < 1.29 is 9.47 Å². The predicted molar refractivity (Wildman–Crippen MR) is 63.3 cm³/mol. The fourth-order valence-corrected chi connectivity index (χ4v) is 1.83. The Hall–Kier alpha value is -0.840. The molecule has 1 unspecified atom stereocenters. The summed E-state index contributed by atoms with van der Waals surface area (Å²) in [5.41, 5.74) is 0. The molecule has 4 heteroatoms. The lowest BCUT2D eigenvalue weighted by Gasteiger charge is -2.26. The summed E-state index contributed by atoms with van der Waals surface area (Å²) < 4.78 is 10.8. The quantitative estimate of drug-likeness (QED) is 0.626. The van der Waals surface area contributed by atoms with Crippen molar-refractivity contribution in [1.82, 2.24) is 10.6 Å². The molecule has 4 nitrogen and oxygen atoms in total. The highest BCUT2D eigenvalue weighted by atomic mass is 16.6. The summed E-state index contributed by atoms with van der Waals surface area (Å²) in [5, 5.41) is 6.44. The van der Waals surface area contributed by atoms with Gasteiger partial charge in [-0.1, -0.05) is 12.2 Å². The number of ether oxygens (including phenoxy) is 2. The topological polar surface area (TPSA) is 42.5 Å². The summed E-state index contributed by atoms with van der Waals surface area (Å²) in [5.74, 6) is 0.994.